The zero-order valence-electron chi connectivity index (χ0n) is 10.1. The highest BCUT2D eigenvalue weighted by atomic mass is 16.2. The van der Waals surface area contributed by atoms with E-state index in [0.29, 0.717) is 25.6 Å². The molecule has 1 aromatic rings. The molecule has 3 rings (SSSR count). The molecule has 18 heavy (non-hydrogen) atoms. The first-order chi connectivity index (χ1) is 8.74. The predicted molar refractivity (Wildman–Crippen MR) is 63.3 cm³/mol. The fourth-order valence-electron chi connectivity index (χ4n) is 2.35. The number of aromatic nitrogens is 2. The van der Waals surface area contributed by atoms with Gasteiger partial charge < -0.3 is 15.2 Å². The zero-order valence-corrected chi connectivity index (χ0v) is 10.1. The van der Waals surface area contributed by atoms with E-state index < -0.39 is 0 Å². The van der Waals surface area contributed by atoms with Crippen LogP contribution in [0, 0.1) is 5.92 Å². The van der Waals surface area contributed by atoms with Crippen LogP contribution in [0.15, 0.2) is 12.5 Å². The van der Waals surface area contributed by atoms with Crippen LogP contribution in [0.4, 0.5) is 0 Å². The van der Waals surface area contributed by atoms with Gasteiger partial charge in [0, 0.05) is 25.2 Å². The van der Waals surface area contributed by atoms with E-state index in [1.165, 1.54) is 0 Å². The van der Waals surface area contributed by atoms with Crippen LogP contribution in [-0.2, 0) is 16.1 Å². The molecule has 2 fully saturated rings. The number of amides is 2. The number of hydrogen-bond acceptors (Lipinski definition) is 3. The van der Waals surface area contributed by atoms with Crippen LogP contribution in [-0.4, -0.2) is 39.3 Å². The minimum atomic E-state index is -0.193. The smallest absolute Gasteiger partial charge is 0.225 e. The molecule has 2 aliphatic rings. The monoisotopic (exact) mass is 248 g/mol. The Morgan fingerprint density at radius 3 is 3.06 bits per heavy atom. The van der Waals surface area contributed by atoms with E-state index in [0.717, 1.165) is 18.5 Å². The second-order valence-electron chi connectivity index (χ2n) is 4.97. The van der Waals surface area contributed by atoms with Crippen molar-refractivity contribution in [1.82, 2.24) is 20.2 Å². The highest BCUT2D eigenvalue weighted by Crippen LogP contribution is 2.32. The zero-order chi connectivity index (χ0) is 12.5. The Bertz CT molecular complexity index is 453. The van der Waals surface area contributed by atoms with Crippen molar-refractivity contribution in [3.63, 3.8) is 0 Å². The van der Waals surface area contributed by atoms with Crippen LogP contribution in [0.1, 0.15) is 25.0 Å². The van der Waals surface area contributed by atoms with Crippen molar-refractivity contribution in [2.45, 2.75) is 31.8 Å². The number of aromatic amines is 1. The van der Waals surface area contributed by atoms with Gasteiger partial charge in [0.2, 0.25) is 11.8 Å². The largest absolute Gasteiger partial charge is 0.350 e. The number of carbonyl (C=O) groups excluding carboxylic acids is 2. The Kier molecular flexibility index (Phi) is 2.77. The van der Waals surface area contributed by atoms with Gasteiger partial charge >= 0.3 is 0 Å². The lowest BCUT2D eigenvalue weighted by atomic mass is 10.1. The maximum absolute atomic E-state index is 12.0. The number of nitrogens with zero attached hydrogens (tertiary/aromatic N) is 2. The highest BCUT2D eigenvalue weighted by molar-refractivity contribution is 5.89. The Balaban J connectivity index is 1.52. The minimum absolute atomic E-state index is 0.0406. The molecule has 0 aromatic carbocycles. The topological polar surface area (TPSA) is 78.1 Å². The van der Waals surface area contributed by atoms with Crippen LogP contribution in [0.2, 0.25) is 0 Å². The first kappa shape index (κ1) is 11.3. The van der Waals surface area contributed by atoms with Crippen LogP contribution >= 0.6 is 0 Å². The van der Waals surface area contributed by atoms with Crippen LogP contribution in [0.3, 0.4) is 0 Å². The van der Waals surface area contributed by atoms with E-state index in [1.807, 2.05) is 4.90 Å². The van der Waals surface area contributed by atoms with Gasteiger partial charge in [0.1, 0.15) is 0 Å². The summed E-state index contributed by atoms with van der Waals surface area (Å²) in [5, 5.41) is 2.84. The van der Waals surface area contributed by atoms with E-state index in [4.69, 9.17) is 0 Å². The van der Waals surface area contributed by atoms with Crippen molar-refractivity contribution < 1.29 is 9.59 Å². The summed E-state index contributed by atoms with van der Waals surface area (Å²) in [7, 11) is 0. The summed E-state index contributed by atoms with van der Waals surface area (Å²) in [4.78, 5) is 32.4. The molecule has 96 valence electrons. The third kappa shape index (κ3) is 2.23. The molecule has 1 saturated carbocycles. The van der Waals surface area contributed by atoms with Crippen LogP contribution in [0.25, 0.3) is 0 Å². The number of rotatable bonds is 4. The first-order valence-corrected chi connectivity index (χ1v) is 6.28. The Labute approximate surface area is 105 Å². The molecule has 0 radical (unpaired) electrons. The van der Waals surface area contributed by atoms with Crippen LogP contribution in [0.5, 0.6) is 0 Å². The Morgan fingerprint density at radius 1 is 1.56 bits per heavy atom. The van der Waals surface area contributed by atoms with Gasteiger partial charge in [0.05, 0.1) is 24.5 Å². The normalized spacial score (nSPS) is 23.4. The third-order valence-corrected chi connectivity index (χ3v) is 3.52. The maximum atomic E-state index is 12.0. The summed E-state index contributed by atoms with van der Waals surface area (Å²) >= 11 is 0. The fourth-order valence-corrected chi connectivity index (χ4v) is 2.35. The van der Waals surface area contributed by atoms with E-state index in [9.17, 15) is 9.59 Å². The molecule has 1 atom stereocenters. The maximum Gasteiger partial charge on any atom is 0.225 e. The van der Waals surface area contributed by atoms with Crippen molar-refractivity contribution >= 4 is 11.8 Å². The Morgan fingerprint density at radius 2 is 2.39 bits per heavy atom. The number of nitrogens with one attached hydrogen (secondary N) is 2. The molecule has 0 bridgehead atoms. The molecule has 2 amide bonds. The summed E-state index contributed by atoms with van der Waals surface area (Å²) in [5.74, 6) is -0.110. The van der Waals surface area contributed by atoms with Crippen molar-refractivity contribution in [2.24, 2.45) is 5.92 Å². The lowest BCUT2D eigenvalue weighted by Gasteiger charge is -2.15. The van der Waals surface area contributed by atoms with Crippen molar-refractivity contribution in [2.75, 3.05) is 6.54 Å². The summed E-state index contributed by atoms with van der Waals surface area (Å²) in [6.07, 6.45) is 5.79. The number of H-pyrrole nitrogens is 1. The second-order valence-corrected chi connectivity index (χ2v) is 4.97. The molecule has 2 N–H and O–H groups in total. The molecule has 1 unspecified atom stereocenters. The average Bonchev–Trinajstić information content (AvgIpc) is 2.92. The second kappa shape index (κ2) is 4.44. The van der Waals surface area contributed by atoms with Gasteiger partial charge in [-0.25, -0.2) is 4.98 Å². The summed E-state index contributed by atoms with van der Waals surface area (Å²) in [6, 6.07) is 0.405. The van der Waals surface area contributed by atoms with Crippen molar-refractivity contribution in [3.8, 4) is 0 Å². The summed E-state index contributed by atoms with van der Waals surface area (Å²) in [6.45, 7) is 1.02. The number of likely N-dealkylation sites (tertiary alicyclic amines) is 1. The molecule has 1 aliphatic carbocycles. The SMILES string of the molecule is O=C(NCc1cnc[nH]1)C1CC(=O)N(C2CC2)C1. The fraction of sp³-hybridized carbons (Fsp3) is 0.583. The van der Waals surface area contributed by atoms with Crippen LogP contribution < -0.4 is 5.32 Å². The molecular formula is C12H16N4O2. The molecule has 6 heteroatoms. The molecule has 1 saturated heterocycles. The number of hydrogen-bond donors (Lipinski definition) is 2. The number of imidazole rings is 1. The van der Waals surface area contributed by atoms with E-state index in [-0.39, 0.29) is 17.7 Å². The molecule has 6 nitrogen and oxygen atoms in total. The van der Waals surface area contributed by atoms with Gasteiger partial charge in [0.15, 0.2) is 0 Å². The van der Waals surface area contributed by atoms with E-state index in [1.54, 1.807) is 12.5 Å². The van der Waals surface area contributed by atoms with Crippen molar-refractivity contribution in [1.29, 1.82) is 0 Å². The van der Waals surface area contributed by atoms with E-state index >= 15 is 0 Å². The molecular weight excluding hydrogens is 232 g/mol. The third-order valence-electron chi connectivity index (χ3n) is 3.52. The van der Waals surface area contributed by atoms with Gasteiger partial charge in [-0.2, -0.15) is 0 Å². The lowest BCUT2D eigenvalue weighted by Crippen LogP contribution is -2.33. The quantitative estimate of drug-likeness (QED) is 0.789. The molecule has 1 aliphatic heterocycles. The number of carbonyl (C=O) groups is 2. The average molecular weight is 248 g/mol. The minimum Gasteiger partial charge on any atom is -0.350 e. The van der Waals surface area contributed by atoms with Gasteiger partial charge in [-0.05, 0) is 12.8 Å². The lowest BCUT2D eigenvalue weighted by molar-refractivity contribution is -0.129. The molecule has 1 aromatic heterocycles. The highest BCUT2D eigenvalue weighted by Gasteiger charge is 2.41. The molecule has 0 spiro atoms. The van der Waals surface area contributed by atoms with Gasteiger partial charge in [-0.15, -0.1) is 0 Å². The molecule has 2 heterocycles. The first-order valence-electron chi connectivity index (χ1n) is 6.28. The van der Waals surface area contributed by atoms with E-state index in [2.05, 4.69) is 15.3 Å². The Hall–Kier alpha value is -1.85. The summed E-state index contributed by atoms with van der Waals surface area (Å²) in [5.41, 5.74) is 0.867. The van der Waals surface area contributed by atoms with Gasteiger partial charge in [-0.3, -0.25) is 9.59 Å². The predicted octanol–water partition coefficient (Wildman–Crippen LogP) is 0.0368. The van der Waals surface area contributed by atoms with Gasteiger partial charge in [0.25, 0.3) is 0 Å². The standard InChI is InChI=1S/C12H16N4O2/c17-11-3-8(6-16(11)10-1-2-10)12(18)14-5-9-4-13-7-15-9/h4,7-8,10H,1-3,5-6H2,(H,13,15)(H,14,18). The van der Waals surface area contributed by atoms with Gasteiger partial charge in [-0.1, -0.05) is 0 Å². The van der Waals surface area contributed by atoms with Crippen molar-refractivity contribution in [3.05, 3.63) is 18.2 Å². The summed E-state index contributed by atoms with van der Waals surface area (Å²) < 4.78 is 0.